The minimum Gasteiger partial charge on any atom is -0.378 e. The molecule has 2 aliphatic rings. The predicted molar refractivity (Wildman–Crippen MR) is 91.3 cm³/mol. The molecule has 3 nitrogen and oxygen atoms in total. The van der Waals surface area contributed by atoms with Crippen molar-refractivity contribution in [3.8, 4) is 0 Å². The van der Waals surface area contributed by atoms with Crippen molar-refractivity contribution in [2.75, 3.05) is 25.5 Å². The van der Waals surface area contributed by atoms with Crippen molar-refractivity contribution in [2.45, 2.75) is 46.1 Å². The van der Waals surface area contributed by atoms with Gasteiger partial charge in [-0.3, -0.25) is 4.79 Å². The van der Waals surface area contributed by atoms with Gasteiger partial charge in [-0.15, -0.1) is 0 Å². The highest BCUT2D eigenvalue weighted by Gasteiger charge is 2.50. The Morgan fingerprint density at radius 3 is 2.64 bits per heavy atom. The molecule has 0 spiro atoms. The van der Waals surface area contributed by atoms with Crippen LogP contribution in [0.25, 0.3) is 0 Å². The number of likely N-dealkylation sites (tertiary alicyclic amines) is 1. The lowest BCUT2D eigenvalue weighted by Gasteiger charge is -2.39. The van der Waals surface area contributed by atoms with Crippen LogP contribution in [0.3, 0.4) is 0 Å². The summed E-state index contributed by atoms with van der Waals surface area (Å²) in [6.45, 7) is 7.95. The first kappa shape index (κ1) is 15.4. The third-order valence-electron chi connectivity index (χ3n) is 5.29. The number of hydrogen-bond acceptors (Lipinski definition) is 2. The van der Waals surface area contributed by atoms with Crippen molar-refractivity contribution in [3.63, 3.8) is 0 Å². The predicted octanol–water partition coefficient (Wildman–Crippen LogP) is 3.79. The summed E-state index contributed by atoms with van der Waals surface area (Å²) in [4.78, 5) is 17.2. The topological polar surface area (TPSA) is 23.6 Å². The molecule has 1 aliphatic carbocycles. The Kier molecular flexibility index (Phi) is 3.50. The normalized spacial score (nSPS) is 29.5. The maximum Gasteiger partial charge on any atom is 0.254 e. The van der Waals surface area contributed by atoms with Crippen molar-refractivity contribution in [2.24, 2.45) is 10.8 Å². The molecule has 1 amide bonds. The Balaban J connectivity index is 1.86. The van der Waals surface area contributed by atoms with Gasteiger partial charge in [0.1, 0.15) is 0 Å². The summed E-state index contributed by atoms with van der Waals surface area (Å²) < 4.78 is 0. The van der Waals surface area contributed by atoms with Gasteiger partial charge in [-0.25, -0.2) is 0 Å². The van der Waals surface area contributed by atoms with Crippen molar-refractivity contribution in [1.82, 2.24) is 4.90 Å². The molecule has 1 saturated carbocycles. The van der Waals surface area contributed by atoms with Crippen LogP contribution in [0.15, 0.2) is 24.3 Å². The molecule has 0 unspecified atom stereocenters. The summed E-state index contributed by atoms with van der Waals surface area (Å²) in [5.74, 6) is 0.204. The second-order valence-corrected chi connectivity index (χ2v) is 8.59. The first-order chi connectivity index (χ1) is 10.2. The minimum absolute atomic E-state index is 0.204. The molecule has 0 aromatic heterocycles. The van der Waals surface area contributed by atoms with Crippen molar-refractivity contribution in [3.05, 3.63) is 29.8 Å². The standard InChI is InChI=1S/C19H28N2O/c1-18(2)10-16-11-19(3,12-18)13-21(16)17(22)14-7-6-8-15(9-14)20(4)5/h6-9,16H,10-13H2,1-5H3/t16-,19-/m0/s1. The monoisotopic (exact) mass is 300 g/mol. The molecule has 3 heteroatoms. The molecule has 1 aromatic carbocycles. The molecule has 1 heterocycles. The second kappa shape index (κ2) is 5.00. The van der Waals surface area contributed by atoms with Crippen LogP contribution in [-0.2, 0) is 0 Å². The number of fused-ring (bicyclic) bond motifs is 2. The van der Waals surface area contributed by atoms with Crippen LogP contribution in [0.1, 0.15) is 50.4 Å². The zero-order chi connectivity index (χ0) is 16.1. The Labute approximate surface area is 134 Å². The SMILES string of the molecule is CN(C)c1cccc(C(=O)N2C[C@@]3(C)C[C@@H]2CC(C)(C)C3)c1. The number of rotatable bonds is 2. The molecule has 1 aliphatic heterocycles. The molecular weight excluding hydrogens is 272 g/mol. The van der Waals surface area contributed by atoms with E-state index in [9.17, 15) is 4.79 Å². The van der Waals surface area contributed by atoms with Crippen LogP contribution < -0.4 is 4.90 Å². The third-order valence-corrected chi connectivity index (χ3v) is 5.29. The molecule has 1 saturated heterocycles. The zero-order valence-corrected chi connectivity index (χ0v) is 14.5. The van der Waals surface area contributed by atoms with Crippen LogP contribution in [0.4, 0.5) is 5.69 Å². The largest absolute Gasteiger partial charge is 0.378 e. The summed E-state index contributed by atoms with van der Waals surface area (Å²) in [7, 11) is 4.02. The van der Waals surface area contributed by atoms with Gasteiger partial charge in [-0.05, 0) is 48.3 Å². The third kappa shape index (κ3) is 2.73. The number of anilines is 1. The van der Waals surface area contributed by atoms with Gasteiger partial charge >= 0.3 is 0 Å². The van der Waals surface area contributed by atoms with E-state index in [-0.39, 0.29) is 5.91 Å². The summed E-state index contributed by atoms with van der Waals surface area (Å²) >= 11 is 0. The summed E-state index contributed by atoms with van der Waals surface area (Å²) in [5, 5.41) is 0. The molecule has 22 heavy (non-hydrogen) atoms. The van der Waals surface area contributed by atoms with Crippen LogP contribution in [0.2, 0.25) is 0 Å². The zero-order valence-electron chi connectivity index (χ0n) is 14.5. The highest BCUT2D eigenvalue weighted by Crippen LogP contribution is 2.52. The van der Waals surface area contributed by atoms with Crippen LogP contribution in [-0.4, -0.2) is 37.5 Å². The smallest absolute Gasteiger partial charge is 0.254 e. The Morgan fingerprint density at radius 1 is 1.23 bits per heavy atom. The maximum atomic E-state index is 13.0. The second-order valence-electron chi connectivity index (χ2n) is 8.59. The summed E-state index contributed by atoms with van der Waals surface area (Å²) in [6, 6.07) is 8.40. The molecule has 0 radical (unpaired) electrons. The fraction of sp³-hybridized carbons (Fsp3) is 0.632. The van der Waals surface area contributed by atoms with Crippen molar-refractivity contribution in [1.29, 1.82) is 0 Å². The molecular formula is C19H28N2O. The van der Waals surface area contributed by atoms with E-state index in [1.807, 2.05) is 43.3 Å². The van der Waals surface area contributed by atoms with Crippen LogP contribution in [0, 0.1) is 10.8 Å². The van der Waals surface area contributed by atoms with E-state index in [4.69, 9.17) is 0 Å². The minimum atomic E-state index is 0.204. The van der Waals surface area contributed by atoms with E-state index in [0.717, 1.165) is 30.6 Å². The summed E-state index contributed by atoms with van der Waals surface area (Å²) in [6.07, 6.45) is 3.51. The van der Waals surface area contributed by atoms with Gasteiger partial charge in [0.25, 0.3) is 5.91 Å². The molecule has 2 fully saturated rings. The van der Waals surface area contributed by atoms with Gasteiger partial charge < -0.3 is 9.80 Å². The van der Waals surface area contributed by atoms with E-state index in [0.29, 0.717) is 16.9 Å². The van der Waals surface area contributed by atoms with Gasteiger partial charge in [0.05, 0.1) is 0 Å². The first-order valence-corrected chi connectivity index (χ1v) is 8.28. The number of amides is 1. The average Bonchev–Trinajstić information content (AvgIpc) is 2.67. The fourth-order valence-electron chi connectivity index (χ4n) is 4.78. The lowest BCUT2D eigenvalue weighted by Crippen LogP contribution is -2.37. The van der Waals surface area contributed by atoms with E-state index in [1.165, 1.54) is 6.42 Å². The number of nitrogens with zero attached hydrogens (tertiary/aromatic N) is 2. The number of hydrogen-bond donors (Lipinski definition) is 0. The van der Waals surface area contributed by atoms with E-state index in [2.05, 4.69) is 25.7 Å². The molecule has 2 bridgehead atoms. The lowest BCUT2D eigenvalue weighted by atomic mass is 9.65. The quantitative estimate of drug-likeness (QED) is 0.829. The van der Waals surface area contributed by atoms with Crippen LogP contribution >= 0.6 is 0 Å². The van der Waals surface area contributed by atoms with Gasteiger partial charge in [0.2, 0.25) is 0 Å². The molecule has 0 N–H and O–H groups in total. The van der Waals surface area contributed by atoms with Gasteiger partial charge in [0.15, 0.2) is 0 Å². The first-order valence-electron chi connectivity index (χ1n) is 8.28. The van der Waals surface area contributed by atoms with E-state index < -0.39 is 0 Å². The van der Waals surface area contributed by atoms with Crippen molar-refractivity contribution < 1.29 is 4.79 Å². The number of carbonyl (C=O) groups is 1. The highest BCUT2D eigenvalue weighted by atomic mass is 16.2. The van der Waals surface area contributed by atoms with Crippen molar-refractivity contribution >= 4 is 11.6 Å². The number of carbonyl (C=O) groups excluding carboxylic acids is 1. The maximum absolute atomic E-state index is 13.0. The molecule has 3 rings (SSSR count). The van der Waals surface area contributed by atoms with Gasteiger partial charge in [0, 0.05) is 37.9 Å². The van der Waals surface area contributed by atoms with E-state index >= 15 is 0 Å². The molecule has 1 aromatic rings. The lowest BCUT2D eigenvalue weighted by molar-refractivity contribution is 0.0708. The summed E-state index contributed by atoms with van der Waals surface area (Å²) in [5.41, 5.74) is 2.54. The molecule has 120 valence electrons. The van der Waals surface area contributed by atoms with Gasteiger partial charge in [-0.1, -0.05) is 26.8 Å². The molecule has 2 atom stereocenters. The number of benzene rings is 1. The Bertz CT molecular complexity index is 593. The van der Waals surface area contributed by atoms with Crippen LogP contribution in [0.5, 0.6) is 0 Å². The van der Waals surface area contributed by atoms with Gasteiger partial charge in [-0.2, -0.15) is 0 Å². The highest BCUT2D eigenvalue weighted by molar-refractivity contribution is 5.95. The fourth-order valence-corrected chi connectivity index (χ4v) is 4.78. The average molecular weight is 300 g/mol. The van der Waals surface area contributed by atoms with E-state index in [1.54, 1.807) is 0 Å². The Morgan fingerprint density at radius 2 is 1.95 bits per heavy atom. The Hall–Kier alpha value is -1.51.